The number of ether oxygens (including phenoxy) is 1. The Morgan fingerprint density at radius 2 is 1.90 bits per heavy atom. The van der Waals surface area contributed by atoms with Crippen LogP contribution in [0.2, 0.25) is 0 Å². The summed E-state index contributed by atoms with van der Waals surface area (Å²) in [5.41, 5.74) is 10.0. The van der Waals surface area contributed by atoms with Crippen molar-refractivity contribution in [2.45, 2.75) is 19.9 Å². The summed E-state index contributed by atoms with van der Waals surface area (Å²) >= 11 is 0. The fourth-order valence-electron chi connectivity index (χ4n) is 3.88. The molecule has 0 aromatic carbocycles. The number of aromatic nitrogens is 5. The first-order chi connectivity index (χ1) is 14.1. The van der Waals surface area contributed by atoms with Crippen LogP contribution in [0.5, 0.6) is 0 Å². The number of fused-ring (bicyclic) bond motifs is 3. The second-order valence-electron chi connectivity index (χ2n) is 7.27. The van der Waals surface area contributed by atoms with Gasteiger partial charge in [-0.05, 0) is 0 Å². The number of nitrogen functional groups attached to an aromatic ring is 1. The molecule has 10 heteroatoms. The van der Waals surface area contributed by atoms with Gasteiger partial charge in [0.1, 0.15) is 0 Å². The van der Waals surface area contributed by atoms with E-state index in [1.165, 1.54) is 0 Å². The van der Waals surface area contributed by atoms with Crippen LogP contribution in [0.15, 0.2) is 18.6 Å². The number of carbonyl (C=O) groups excluding carboxylic acids is 1. The summed E-state index contributed by atoms with van der Waals surface area (Å²) in [6, 6.07) is 0. The van der Waals surface area contributed by atoms with Gasteiger partial charge >= 0.3 is 0 Å². The molecular weight excluding hydrogens is 372 g/mol. The number of nitrogens with zero attached hydrogens (tertiary/aromatic N) is 7. The second kappa shape index (κ2) is 6.96. The molecule has 2 aliphatic heterocycles. The van der Waals surface area contributed by atoms with E-state index in [-0.39, 0.29) is 11.9 Å². The van der Waals surface area contributed by atoms with E-state index in [0.717, 1.165) is 53.6 Å². The summed E-state index contributed by atoms with van der Waals surface area (Å²) in [5.74, 6) is 1.11. The molecule has 0 spiro atoms. The number of morpholine rings is 1. The molecule has 1 saturated heterocycles. The summed E-state index contributed by atoms with van der Waals surface area (Å²) in [5, 5.41) is 0. The third kappa shape index (κ3) is 3.15. The summed E-state index contributed by atoms with van der Waals surface area (Å²) in [7, 11) is 0. The van der Waals surface area contributed by atoms with Crippen LogP contribution in [-0.2, 0) is 22.5 Å². The molecule has 0 radical (unpaired) electrons. The van der Waals surface area contributed by atoms with E-state index >= 15 is 0 Å². The molecule has 150 valence electrons. The van der Waals surface area contributed by atoms with Crippen molar-refractivity contribution in [3.63, 3.8) is 0 Å². The SMILES string of the molecule is CC(=O)N1CCc2c(nc3c(N4CCOCC4)nc(-c4cnc(N)nc4)cn23)C1. The molecular formula is C19H22N8O2. The molecule has 10 nitrogen and oxygen atoms in total. The number of imidazole rings is 1. The maximum absolute atomic E-state index is 11.8. The number of amides is 1. The molecule has 1 fully saturated rings. The van der Waals surface area contributed by atoms with E-state index < -0.39 is 0 Å². The van der Waals surface area contributed by atoms with Gasteiger partial charge in [-0.1, -0.05) is 0 Å². The zero-order chi connectivity index (χ0) is 20.0. The van der Waals surface area contributed by atoms with Crippen molar-refractivity contribution in [3.8, 4) is 11.3 Å². The Morgan fingerprint density at radius 1 is 1.14 bits per heavy atom. The molecule has 0 aliphatic carbocycles. The minimum Gasteiger partial charge on any atom is -0.378 e. The van der Waals surface area contributed by atoms with Gasteiger partial charge in [0, 0.05) is 62.8 Å². The Kier molecular flexibility index (Phi) is 4.27. The fourth-order valence-corrected chi connectivity index (χ4v) is 3.88. The molecule has 1 amide bonds. The monoisotopic (exact) mass is 394 g/mol. The topological polar surface area (TPSA) is 115 Å². The van der Waals surface area contributed by atoms with Crippen molar-refractivity contribution >= 4 is 23.3 Å². The number of nitrogens with two attached hydrogens (primary N) is 1. The van der Waals surface area contributed by atoms with Gasteiger partial charge in [-0.15, -0.1) is 0 Å². The van der Waals surface area contributed by atoms with Crippen LogP contribution in [0.25, 0.3) is 16.9 Å². The zero-order valence-electron chi connectivity index (χ0n) is 16.2. The number of anilines is 2. The molecule has 0 atom stereocenters. The first-order valence-electron chi connectivity index (χ1n) is 9.67. The molecule has 5 heterocycles. The van der Waals surface area contributed by atoms with E-state index in [0.29, 0.717) is 26.3 Å². The highest BCUT2D eigenvalue weighted by atomic mass is 16.5. The van der Waals surface area contributed by atoms with Crippen LogP contribution in [0.4, 0.5) is 11.8 Å². The average molecular weight is 394 g/mol. The lowest BCUT2D eigenvalue weighted by Crippen LogP contribution is -2.37. The molecule has 2 N–H and O–H groups in total. The van der Waals surface area contributed by atoms with Crippen LogP contribution >= 0.6 is 0 Å². The minimum atomic E-state index is 0.0685. The Bertz CT molecular complexity index is 1070. The smallest absolute Gasteiger partial charge is 0.219 e. The normalized spacial score (nSPS) is 16.9. The third-order valence-corrected chi connectivity index (χ3v) is 5.45. The van der Waals surface area contributed by atoms with Crippen molar-refractivity contribution in [2.75, 3.05) is 43.5 Å². The van der Waals surface area contributed by atoms with Gasteiger partial charge in [-0.3, -0.25) is 9.20 Å². The van der Waals surface area contributed by atoms with Crippen molar-refractivity contribution in [1.29, 1.82) is 0 Å². The molecule has 0 unspecified atom stereocenters. The van der Waals surface area contributed by atoms with Crippen LogP contribution in [0.3, 0.4) is 0 Å². The second-order valence-corrected chi connectivity index (χ2v) is 7.27. The highest BCUT2D eigenvalue weighted by Gasteiger charge is 2.27. The summed E-state index contributed by atoms with van der Waals surface area (Å²) < 4.78 is 7.62. The lowest BCUT2D eigenvalue weighted by atomic mass is 10.1. The molecule has 3 aromatic rings. The Morgan fingerprint density at radius 3 is 2.62 bits per heavy atom. The van der Waals surface area contributed by atoms with Crippen LogP contribution in [-0.4, -0.2) is 68.0 Å². The predicted molar refractivity (Wildman–Crippen MR) is 106 cm³/mol. The third-order valence-electron chi connectivity index (χ3n) is 5.45. The van der Waals surface area contributed by atoms with Crippen LogP contribution in [0, 0.1) is 0 Å². The minimum absolute atomic E-state index is 0.0685. The Balaban J connectivity index is 1.67. The molecule has 3 aromatic heterocycles. The molecule has 5 rings (SSSR count). The molecule has 0 bridgehead atoms. The van der Waals surface area contributed by atoms with Crippen LogP contribution in [0.1, 0.15) is 18.3 Å². The van der Waals surface area contributed by atoms with Gasteiger partial charge < -0.3 is 20.3 Å². The maximum Gasteiger partial charge on any atom is 0.219 e. The first kappa shape index (κ1) is 17.8. The highest BCUT2D eigenvalue weighted by molar-refractivity contribution is 5.74. The first-order valence-corrected chi connectivity index (χ1v) is 9.67. The summed E-state index contributed by atoms with van der Waals surface area (Å²) in [6.07, 6.45) is 6.09. The van der Waals surface area contributed by atoms with E-state index in [9.17, 15) is 4.79 Å². The average Bonchev–Trinajstić information content (AvgIpc) is 3.12. The van der Waals surface area contributed by atoms with Gasteiger partial charge in [0.15, 0.2) is 11.5 Å². The lowest BCUT2D eigenvalue weighted by Gasteiger charge is -2.28. The standard InChI is InChI=1S/C19H22N8O2/c1-12(28)26-3-2-16-15(10-26)24-18-17(25-4-6-29-7-5-25)23-14(11-27(16)18)13-8-21-19(20)22-9-13/h8-9,11H,2-7,10H2,1H3,(H2,20,21,22). The summed E-state index contributed by atoms with van der Waals surface area (Å²) in [6.45, 7) is 5.62. The van der Waals surface area contributed by atoms with E-state index in [1.807, 2.05) is 11.1 Å². The Labute approximate surface area is 167 Å². The Hall–Kier alpha value is -3.27. The van der Waals surface area contributed by atoms with E-state index in [1.54, 1.807) is 19.3 Å². The van der Waals surface area contributed by atoms with Gasteiger partial charge in [0.25, 0.3) is 0 Å². The molecule has 29 heavy (non-hydrogen) atoms. The fraction of sp³-hybridized carbons (Fsp3) is 0.421. The number of hydrogen-bond acceptors (Lipinski definition) is 8. The van der Waals surface area contributed by atoms with Crippen molar-refractivity contribution in [1.82, 2.24) is 29.2 Å². The lowest BCUT2D eigenvalue weighted by molar-refractivity contribution is -0.129. The van der Waals surface area contributed by atoms with Gasteiger partial charge in [-0.25, -0.2) is 19.9 Å². The van der Waals surface area contributed by atoms with E-state index in [4.69, 9.17) is 20.4 Å². The van der Waals surface area contributed by atoms with Gasteiger partial charge in [0.2, 0.25) is 11.9 Å². The van der Waals surface area contributed by atoms with Crippen molar-refractivity contribution < 1.29 is 9.53 Å². The predicted octanol–water partition coefficient (Wildman–Crippen LogP) is 0.510. The molecule has 0 saturated carbocycles. The van der Waals surface area contributed by atoms with Crippen LogP contribution < -0.4 is 10.6 Å². The quantitative estimate of drug-likeness (QED) is 0.669. The summed E-state index contributed by atoms with van der Waals surface area (Å²) in [4.78, 5) is 33.9. The van der Waals surface area contributed by atoms with Crippen molar-refractivity contribution in [3.05, 3.63) is 30.0 Å². The zero-order valence-corrected chi connectivity index (χ0v) is 16.2. The van der Waals surface area contributed by atoms with Gasteiger partial charge in [-0.2, -0.15) is 0 Å². The van der Waals surface area contributed by atoms with Crippen molar-refractivity contribution in [2.24, 2.45) is 0 Å². The molecule has 2 aliphatic rings. The number of rotatable bonds is 2. The maximum atomic E-state index is 11.8. The van der Waals surface area contributed by atoms with Gasteiger partial charge in [0.05, 0.1) is 31.1 Å². The number of carbonyl (C=O) groups is 1. The van der Waals surface area contributed by atoms with E-state index in [2.05, 4.69) is 19.3 Å². The number of hydrogen-bond donors (Lipinski definition) is 1. The highest BCUT2D eigenvalue weighted by Crippen LogP contribution is 2.29. The largest absolute Gasteiger partial charge is 0.378 e.